The fourth-order valence-electron chi connectivity index (χ4n) is 10.9. The summed E-state index contributed by atoms with van der Waals surface area (Å²) in [5.74, 6) is 1.16. The molecule has 4 N–H and O–H groups in total. The fourth-order valence-corrected chi connectivity index (χ4v) is 10.9. The highest BCUT2D eigenvalue weighted by Gasteiger charge is 2.52. The number of aromatic nitrogens is 4. The van der Waals surface area contributed by atoms with Crippen LogP contribution < -0.4 is 10.6 Å². The normalized spacial score (nSPS) is 25.0. The highest BCUT2D eigenvalue weighted by Crippen LogP contribution is 2.49. The highest BCUT2D eigenvalue weighted by molar-refractivity contribution is 5.88. The Morgan fingerprint density at radius 3 is 1.78 bits per heavy atom. The van der Waals surface area contributed by atoms with Crippen molar-refractivity contribution in [2.24, 2.45) is 11.8 Å². The summed E-state index contributed by atoms with van der Waals surface area (Å²) in [7, 11) is 2.64. The van der Waals surface area contributed by atoms with Crippen molar-refractivity contribution in [2.75, 3.05) is 34.0 Å². The molecule has 4 aliphatic heterocycles. The number of alkyl carbamates (subject to hydrolysis) is 2. The molecule has 4 amide bonds. The van der Waals surface area contributed by atoms with Gasteiger partial charge in [0.1, 0.15) is 23.7 Å². The molecular formula is C49H62N8O8. The van der Waals surface area contributed by atoms with Crippen molar-refractivity contribution >= 4 is 24.0 Å². The monoisotopic (exact) mass is 890 g/mol. The van der Waals surface area contributed by atoms with Gasteiger partial charge in [-0.25, -0.2) is 19.6 Å². The lowest BCUT2D eigenvalue weighted by Gasteiger charge is -2.38. The van der Waals surface area contributed by atoms with E-state index in [9.17, 15) is 19.2 Å². The van der Waals surface area contributed by atoms with Crippen LogP contribution in [-0.2, 0) is 28.5 Å². The molecule has 1 saturated carbocycles. The Bertz CT molecular complexity index is 2370. The second-order valence-corrected chi connectivity index (χ2v) is 18.8. The number of imidazole rings is 2. The maximum atomic E-state index is 14.4. The molecule has 5 fully saturated rings. The standard InChI is InChI=1S/C49H62N8O8/c1-28-24-34(12-13-36(28)38-27-51-44(53-38)40-15-7-29(2)56(40)45(58)41(54-47(60)62-4)33-16-21-64-22-17-33)31-8-10-32(11-9-31)37-26-50-43(52-37)39-14-6-30(3)57(39)46(59)42(55-48(61)63-5)35-18-23-65-49(25-35)19-20-49/h8-13,24,26-27,29-30,33,35,39-42H,6-7,14-23,25H2,1-5H3,(H,50,52)(H,51,53)(H,54,60)(H,55,61)/t29-,30-,35-,39-,40-,41-,42-/m0/s1. The number of carbonyl (C=O) groups excluding carboxylic acids is 4. The quantitative estimate of drug-likeness (QED) is 0.118. The Balaban J connectivity index is 0.876. The number of nitrogens with one attached hydrogen (secondary N) is 4. The smallest absolute Gasteiger partial charge is 0.407 e. The van der Waals surface area contributed by atoms with Gasteiger partial charge in [0, 0.05) is 37.5 Å². The van der Waals surface area contributed by atoms with Crippen LogP contribution in [-0.4, -0.2) is 118 Å². The van der Waals surface area contributed by atoms with Crippen LogP contribution in [0.2, 0.25) is 0 Å². The largest absolute Gasteiger partial charge is 0.453 e. The molecule has 1 spiro atoms. The van der Waals surface area contributed by atoms with Crippen molar-refractivity contribution in [3.05, 3.63) is 72.1 Å². The average Bonchev–Trinajstić information content (AvgIpc) is 3.83. The van der Waals surface area contributed by atoms with Crippen LogP contribution >= 0.6 is 0 Å². The molecule has 9 rings (SSSR count). The van der Waals surface area contributed by atoms with Gasteiger partial charge in [-0.2, -0.15) is 0 Å². The Kier molecular flexibility index (Phi) is 12.7. The number of rotatable bonds is 11. The summed E-state index contributed by atoms with van der Waals surface area (Å²) in [4.78, 5) is 74.1. The van der Waals surface area contributed by atoms with E-state index in [-0.39, 0.29) is 53.4 Å². The number of benzene rings is 2. The minimum atomic E-state index is -0.705. The van der Waals surface area contributed by atoms with Crippen molar-refractivity contribution in [1.29, 1.82) is 0 Å². The molecule has 2 aromatic heterocycles. The van der Waals surface area contributed by atoms with Crippen LogP contribution in [0.15, 0.2) is 54.9 Å². The first-order valence-corrected chi connectivity index (χ1v) is 23.3. The van der Waals surface area contributed by atoms with Gasteiger partial charge in [0.05, 0.1) is 55.7 Å². The van der Waals surface area contributed by atoms with Crippen LogP contribution in [0.1, 0.15) is 107 Å². The number of nitrogens with zero attached hydrogens (tertiary/aromatic N) is 4. The molecule has 0 bridgehead atoms. The minimum Gasteiger partial charge on any atom is -0.453 e. The number of H-pyrrole nitrogens is 2. The lowest BCUT2D eigenvalue weighted by molar-refractivity contribution is -0.140. The lowest BCUT2D eigenvalue weighted by atomic mass is 9.86. The number of hydrogen-bond acceptors (Lipinski definition) is 10. The van der Waals surface area contributed by atoms with Crippen LogP contribution in [0.25, 0.3) is 33.6 Å². The van der Waals surface area contributed by atoms with Crippen LogP contribution in [0.3, 0.4) is 0 Å². The zero-order valence-corrected chi connectivity index (χ0v) is 38.1. The molecule has 1 aliphatic carbocycles. The third kappa shape index (κ3) is 9.11. The summed E-state index contributed by atoms with van der Waals surface area (Å²) < 4.78 is 21.5. The average molecular weight is 891 g/mol. The van der Waals surface area contributed by atoms with E-state index in [2.05, 4.69) is 83.8 Å². The molecule has 4 saturated heterocycles. The Hall–Kier alpha value is -5.74. The van der Waals surface area contributed by atoms with Gasteiger partial charge in [-0.05, 0) is 119 Å². The van der Waals surface area contributed by atoms with Crippen molar-refractivity contribution in [3.8, 4) is 33.6 Å². The minimum absolute atomic E-state index is 0.0159. The maximum Gasteiger partial charge on any atom is 0.407 e. The first-order valence-electron chi connectivity index (χ1n) is 23.3. The van der Waals surface area contributed by atoms with Gasteiger partial charge in [0.25, 0.3) is 0 Å². The molecule has 2 aromatic carbocycles. The molecule has 16 nitrogen and oxygen atoms in total. The SMILES string of the molecule is COC(=O)N[C@H](C(=O)N1[C@@H](C)CC[C@H]1c1ncc(-c2ccc(-c3ccc(-c4cnc([C@@H]5CC[C@H](C)N5C(=O)[C@@H](NC(=O)OC)[C@H]5CCOC6(CC6)C5)[nH]4)cc3)cc2C)[nH]1)C1CCOCC1. The lowest BCUT2D eigenvalue weighted by Crippen LogP contribution is -2.55. The van der Waals surface area contributed by atoms with E-state index in [1.165, 1.54) is 14.2 Å². The molecule has 4 aromatic rings. The van der Waals surface area contributed by atoms with Gasteiger partial charge in [-0.15, -0.1) is 0 Å². The predicted molar refractivity (Wildman–Crippen MR) is 241 cm³/mol. The first kappa shape index (κ1) is 44.5. The van der Waals surface area contributed by atoms with E-state index in [1.54, 1.807) is 0 Å². The van der Waals surface area contributed by atoms with Gasteiger partial charge in [0.15, 0.2) is 0 Å². The molecule has 6 heterocycles. The summed E-state index contributed by atoms with van der Waals surface area (Å²) in [6.07, 6.45) is 10.4. The number of likely N-dealkylation sites (tertiary alicyclic amines) is 2. The van der Waals surface area contributed by atoms with Gasteiger partial charge >= 0.3 is 12.2 Å². The van der Waals surface area contributed by atoms with E-state index >= 15 is 0 Å². The van der Waals surface area contributed by atoms with Gasteiger partial charge in [-0.3, -0.25) is 9.59 Å². The molecule has 16 heteroatoms. The molecular weight excluding hydrogens is 829 g/mol. The summed E-state index contributed by atoms with van der Waals surface area (Å²) in [6, 6.07) is 12.8. The molecule has 0 radical (unpaired) electrons. The van der Waals surface area contributed by atoms with E-state index < -0.39 is 24.3 Å². The summed E-state index contributed by atoms with van der Waals surface area (Å²) in [5, 5.41) is 5.74. The van der Waals surface area contributed by atoms with Crippen LogP contribution in [0.5, 0.6) is 0 Å². The predicted octanol–water partition coefficient (Wildman–Crippen LogP) is 7.38. The zero-order valence-electron chi connectivity index (χ0n) is 38.1. The third-order valence-corrected chi connectivity index (χ3v) is 14.7. The third-order valence-electron chi connectivity index (χ3n) is 14.7. The number of methoxy groups -OCH3 is 2. The highest BCUT2D eigenvalue weighted by atomic mass is 16.5. The van der Waals surface area contributed by atoms with Crippen LogP contribution in [0.4, 0.5) is 9.59 Å². The van der Waals surface area contributed by atoms with E-state index in [1.807, 2.05) is 22.2 Å². The van der Waals surface area contributed by atoms with Crippen molar-refractivity contribution < 1.29 is 38.1 Å². The number of hydrogen-bond donors (Lipinski definition) is 4. The number of aryl methyl sites for hydroxylation is 1. The summed E-state index contributed by atoms with van der Waals surface area (Å²) in [5.41, 5.74) is 6.79. The number of aromatic amines is 2. The fraction of sp³-hybridized carbons (Fsp3) is 0.551. The second kappa shape index (κ2) is 18.6. The van der Waals surface area contributed by atoms with Crippen LogP contribution in [0, 0.1) is 18.8 Å². The number of amides is 4. The summed E-state index contributed by atoms with van der Waals surface area (Å²) >= 11 is 0. The Morgan fingerprint density at radius 2 is 1.22 bits per heavy atom. The first-order chi connectivity index (χ1) is 31.5. The van der Waals surface area contributed by atoms with Gasteiger partial charge in [0.2, 0.25) is 11.8 Å². The number of ether oxygens (including phenoxy) is 4. The molecule has 5 aliphatic rings. The van der Waals surface area contributed by atoms with Gasteiger partial charge < -0.3 is 49.3 Å². The molecule has 0 unspecified atom stereocenters. The molecule has 346 valence electrons. The van der Waals surface area contributed by atoms with Crippen molar-refractivity contribution in [1.82, 2.24) is 40.4 Å². The Labute approximate surface area is 379 Å². The second-order valence-electron chi connectivity index (χ2n) is 18.8. The Morgan fingerprint density at radius 1 is 0.692 bits per heavy atom. The zero-order chi connectivity index (χ0) is 45.4. The molecule has 65 heavy (non-hydrogen) atoms. The number of carbonyl (C=O) groups is 4. The maximum absolute atomic E-state index is 14.4. The van der Waals surface area contributed by atoms with Crippen molar-refractivity contribution in [3.63, 3.8) is 0 Å². The van der Waals surface area contributed by atoms with Gasteiger partial charge in [-0.1, -0.05) is 42.5 Å². The molecule has 7 atom stereocenters. The van der Waals surface area contributed by atoms with E-state index in [4.69, 9.17) is 28.9 Å². The van der Waals surface area contributed by atoms with E-state index in [0.717, 1.165) is 95.8 Å². The van der Waals surface area contributed by atoms with E-state index in [0.29, 0.717) is 39.1 Å². The van der Waals surface area contributed by atoms with Crippen molar-refractivity contribution in [2.45, 2.75) is 127 Å². The summed E-state index contributed by atoms with van der Waals surface area (Å²) in [6.45, 7) is 7.89. The topological polar surface area (TPSA) is 193 Å².